The zero-order valence-corrected chi connectivity index (χ0v) is 18.0. The third-order valence-corrected chi connectivity index (χ3v) is 5.41. The molecule has 0 saturated heterocycles. The lowest BCUT2D eigenvalue weighted by atomic mass is 9.89. The molecular formula is C24H25O6P. The summed E-state index contributed by atoms with van der Waals surface area (Å²) in [4.78, 5) is 17.9. The van der Waals surface area contributed by atoms with Gasteiger partial charge in [-0.05, 0) is 83.5 Å². The lowest BCUT2D eigenvalue weighted by molar-refractivity contribution is 0.283. The van der Waals surface area contributed by atoms with Crippen LogP contribution in [0.5, 0.6) is 17.2 Å². The second-order valence-corrected chi connectivity index (χ2v) is 8.29. The molecule has 0 fully saturated rings. The summed E-state index contributed by atoms with van der Waals surface area (Å²) >= 11 is 0. The normalized spacial score (nSPS) is 12.4. The van der Waals surface area contributed by atoms with E-state index < -0.39 is 7.82 Å². The first kappa shape index (κ1) is 22.6. The van der Waals surface area contributed by atoms with Crippen molar-refractivity contribution in [3.05, 3.63) is 89.5 Å². The van der Waals surface area contributed by atoms with Gasteiger partial charge in [0.15, 0.2) is 0 Å². The molecule has 0 spiro atoms. The van der Waals surface area contributed by atoms with Gasteiger partial charge in [0.25, 0.3) is 0 Å². The number of phenolic OH excluding ortho intramolecular Hbond substituents is 2. The highest BCUT2D eigenvalue weighted by molar-refractivity contribution is 7.46. The van der Waals surface area contributed by atoms with Crippen LogP contribution in [0.1, 0.15) is 36.5 Å². The van der Waals surface area contributed by atoms with Crippen molar-refractivity contribution >= 4 is 19.0 Å². The molecule has 0 radical (unpaired) electrons. The Morgan fingerprint density at radius 2 is 1.26 bits per heavy atom. The molecule has 3 aromatic carbocycles. The van der Waals surface area contributed by atoms with Crippen LogP contribution in [0, 0.1) is 0 Å². The smallest absolute Gasteiger partial charge is 0.508 e. The Balaban J connectivity index is 1.91. The van der Waals surface area contributed by atoms with E-state index in [1.165, 1.54) is 0 Å². The van der Waals surface area contributed by atoms with E-state index in [1.54, 1.807) is 48.5 Å². The van der Waals surface area contributed by atoms with E-state index in [-0.39, 0.29) is 17.2 Å². The highest BCUT2D eigenvalue weighted by Crippen LogP contribution is 2.38. The molecule has 0 amide bonds. The molecule has 4 N–H and O–H groups in total. The first-order valence-corrected chi connectivity index (χ1v) is 11.4. The summed E-state index contributed by atoms with van der Waals surface area (Å²) in [6, 6.07) is 20.9. The van der Waals surface area contributed by atoms with Gasteiger partial charge in [-0.1, -0.05) is 43.3 Å². The van der Waals surface area contributed by atoms with E-state index in [0.29, 0.717) is 12.8 Å². The van der Waals surface area contributed by atoms with E-state index in [4.69, 9.17) is 9.79 Å². The molecule has 0 aliphatic rings. The first-order chi connectivity index (χ1) is 14.7. The Hall–Kier alpha value is -3.05. The Morgan fingerprint density at radius 3 is 1.71 bits per heavy atom. The molecule has 0 unspecified atom stereocenters. The van der Waals surface area contributed by atoms with Crippen LogP contribution in [0.25, 0.3) is 11.1 Å². The molecule has 162 valence electrons. The molecule has 0 atom stereocenters. The minimum atomic E-state index is -4.58. The van der Waals surface area contributed by atoms with Crippen molar-refractivity contribution in [3.8, 4) is 17.2 Å². The van der Waals surface area contributed by atoms with E-state index >= 15 is 0 Å². The maximum Gasteiger partial charge on any atom is 0.524 e. The largest absolute Gasteiger partial charge is 0.524 e. The fraction of sp³-hybridized carbons (Fsp3) is 0.167. The summed E-state index contributed by atoms with van der Waals surface area (Å²) < 4.78 is 15.6. The van der Waals surface area contributed by atoms with Crippen LogP contribution in [-0.4, -0.2) is 20.0 Å². The van der Waals surface area contributed by atoms with Crippen LogP contribution < -0.4 is 4.52 Å². The highest BCUT2D eigenvalue weighted by Gasteiger charge is 2.16. The molecule has 0 heterocycles. The first-order valence-electron chi connectivity index (χ1n) is 9.90. The quantitative estimate of drug-likeness (QED) is 0.271. The van der Waals surface area contributed by atoms with Crippen molar-refractivity contribution in [1.82, 2.24) is 0 Å². The number of rotatable bonds is 8. The van der Waals surface area contributed by atoms with Gasteiger partial charge in [0.2, 0.25) is 0 Å². The van der Waals surface area contributed by atoms with Gasteiger partial charge in [-0.15, -0.1) is 0 Å². The number of hydrogen-bond acceptors (Lipinski definition) is 4. The van der Waals surface area contributed by atoms with Gasteiger partial charge in [0, 0.05) is 0 Å². The van der Waals surface area contributed by atoms with Gasteiger partial charge in [0.1, 0.15) is 17.2 Å². The second kappa shape index (κ2) is 9.84. The Bertz CT molecular complexity index is 1080. The van der Waals surface area contributed by atoms with Gasteiger partial charge in [-0.3, -0.25) is 9.79 Å². The summed E-state index contributed by atoms with van der Waals surface area (Å²) in [6.07, 6.45) is 2.21. The molecule has 0 aromatic heterocycles. The third-order valence-electron chi connectivity index (χ3n) is 4.96. The summed E-state index contributed by atoms with van der Waals surface area (Å²) in [6.45, 7) is 2.08. The number of aryl methyl sites for hydroxylation is 1. The zero-order chi connectivity index (χ0) is 22.4. The van der Waals surface area contributed by atoms with Gasteiger partial charge in [-0.2, -0.15) is 0 Å². The molecule has 0 saturated carbocycles. The number of phosphoric ester groups is 1. The van der Waals surface area contributed by atoms with Crippen molar-refractivity contribution in [3.63, 3.8) is 0 Å². The van der Waals surface area contributed by atoms with Crippen LogP contribution >= 0.6 is 7.82 Å². The number of hydrogen-bond donors (Lipinski definition) is 4. The van der Waals surface area contributed by atoms with Gasteiger partial charge < -0.3 is 14.7 Å². The topological polar surface area (TPSA) is 107 Å². The second-order valence-electron chi connectivity index (χ2n) is 7.13. The molecule has 0 aliphatic carbocycles. The fourth-order valence-electron chi connectivity index (χ4n) is 3.51. The number of benzene rings is 3. The van der Waals surface area contributed by atoms with E-state index in [2.05, 4.69) is 11.4 Å². The van der Waals surface area contributed by atoms with Crippen molar-refractivity contribution < 1.29 is 29.1 Å². The SMILES string of the molecule is CC/C(=C(/CCc1ccc(OP(=O)(O)O)cc1)c1ccc(O)cc1)c1ccc(O)cc1. The van der Waals surface area contributed by atoms with E-state index in [1.807, 2.05) is 24.3 Å². The minimum Gasteiger partial charge on any atom is -0.508 e. The summed E-state index contributed by atoms with van der Waals surface area (Å²) in [5.74, 6) is 0.527. The van der Waals surface area contributed by atoms with Gasteiger partial charge in [0.05, 0.1) is 0 Å². The van der Waals surface area contributed by atoms with Crippen LogP contribution in [-0.2, 0) is 11.0 Å². The molecule has 0 aliphatic heterocycles. The molecule has 31 heavy (non-hydrogen) atoms. The summed E-state index contributed by atoms with van der Waals surface area (Å²) in [7, 11) is -4.58. The number of phenols is 2. The minimum absolute atomic E-state index is 0.115. The van der Waals surface area contributed by atoms with E-state index in [9.17, 15) is 14.8 Å². The Morgan fingerprint density at radius 1 is 0.774 bits per heavy atom. The van der Waals surface area contributed by atoms with E-state index in [0.717, 1.165) is 34.3 Å². The summed E-state index contributed by atoms with van der Waals surface area (Å²) in [5, 5.41) is 19.3. The molecule has 3 rings (SSSR count). The number of phosphoric acid groups is 1. The zero-order valence-electron chi connectivity index (χ0n) is 17.1. The maximum absolute atomic E-state index is 11.0. The van der Waals surface area contributed by atoms with Crippen molar-refractivity contribution in [2.45, 2.75) is 26.2 Å². The number of allylic oxidation sites excluding steroid dienone is 2. The Kier molecular flexibility index (Phi) is 7.18. The van der Waals surface area contributed by atoms with Crippen molar-refractivity contribution in [2.24, 2.45) is 0 Å². The monoisotopic (exact) mass is 440 g/mol. The lowest BCUT2D eigenvalue weighted by Crippen LogP contribution is -1.96. The van der Waals surface area contributed by atoms with Crippen LogP contribution in [0.2, 0.25) is 0 Å². The average Bonchev–Trinajstić information content (AvgIpc) is 2.73. The maximum atomic E-state index is 11.0. The molecule has 7 heteroatoms. The average molecular weight is 440 g/mol. The molecule has 6 nitrogen and oxygen atoms in total. The van der Waals surface area contributed by atoms with Gasteiger partial charge in [-0.25, -0.2) is 4.57 Å². The Labute approximate surface area is 181 Å². The molecular weight excluding hydrogens is 415 g/mol. The van der Waals surface area contributed by atoms with Crippen LogP contribution in [0.4, 0.5) is 0 Å². The predicted molar refractivity (Wildman–Crippen MR) is 121 cm³/mol. The third kappa shape index (κ3) is 6.46. The summed E-state index contributed by atoms with van der Waals surface area (Å²) in [5.41, 5.74) is 5.30. The number of aromatic hydroxyl groups is 2. The fourth-order valence-corrected chi connectivity index (χ4v) is 3.91. The van der Waals surface area contributed by atoms with Crippen LogP contribution in [0.15, 0.2) is 72.8 Å². The molecule has 0 bridgehead atoms. The van der Waals surface area contributed by atoms with Crippen molar-refractivity contribution in [2.75, 3.05) is 0 Å². The van der Waals surface area contributed by atoms with Crippen LogP contribution in [0.3, 0.4) is 0 Å². The lowest BCUT2D eigenvalue weighted by Gasteiger charge is -2.16. The standard InChI is InChI=1S/C24H25O6P/c1-2-23(18-6-10-20(25)11-7-18)24(19-8-12-21(26)13-9-19)16-5-17-3-14-22(15-4-17)30-31(27,28)29/h3-4,6-15,25-26H,2,5,16H2,1H3,(H2,27,28,29)/b24-23+. The molecule has 3 aromatic rings. The van der Waals surface area contributed by atoms with Gasteiger partial charge >= 0.3 is 7.82 Å². The van der Waals surface area contributed by atoms with Crippen molar-refractivity contribution in [1.29, 1.82) is 0 Å². The highest BCUT2D eigenvalue weighted by atomic mass is 31.2. The predicted octanol–water partition coefficient (Wildman–Crippen LogP) is 5.52.